The quantitative estimate of drug-likeness (QED) is 0.621. The van der Waals surface area contributed by atoms with Gasteiger partial charge in [-0.1, -0.05) is 12.8 Å². The second-order valence-corrected chi connectivity index (χ2v) is 5.94. The number of unbranched alkanes of at least 4 members (excludes halogenated alkanes) is 3. The van der Waals surface area contributed by atoms with Crippen LogP contribution in [0.25, 0.3) is 0 Å². The maximum atomic E-state index is 8.76. The van der Waals surface area contributed by atoms with E-state index in [4.69, 9.17) is 5.11 Å². The van der Waals surface area contributed by atoms with Crippen molar-refractivity contribution in [2.24, 2.45) is 5.92 Å². The molecule has 18 heavy (non-hydrogen) atoms. The topological polar surface area (TPSA) is 35.5 Å². The van der Waals surface area contributed by atoms with Gasteiger partial charge in [-0.15, -0.1) is 0 Å². The number of aliphatic hydroxyl groups is 1. The smallest absolute Gasteiger partial charge is 0.0431 e. The molecule has 0 radical (unpaired) electrons. The summed E-state index contributed by atoms with van der Waals surface area (Å²) in [6.07, 6.45) is 7.40. The number of nitrogens with zero attached hydrogens (tertiary/aromatic N) is 1. The predicted octanol–water partition coefficient (Wildman–Crippen LogP) is 2.25. The van der Waals surface area contributed by atoms with Crippen LogP contribution in [0.3, 0.4) is 0 Å². The van der Waals surface area contributed by atoms with E-state index < -0.39 is 0 Å². The Morgan fingerprint density at radius 3 is 2.61 bits per heavy atom. The van der Waals surface area contributed by atoms with Crippen LogP contribution in [-0.4, -0.2) is 48.8 Å². The van der Waals surface area contributed by atoms with Crippen LogP contribution in [-0.2, 0) is 0 Å². The molecule has 1 aliphatic heterocycles. The number of hydrogen-bond acceptors (Lipinski definition) is 3. The van der Waals surface area contributed by atoms with Crippen LogP contribution in [0.1, 0.15) is 52.4 Å². The second-order valence-electron chi connectivity index (χ2n) is 5.94. The first kappa shape index (κ1) is 15.9. The van der Waals surface area contributed by atoms with Crippen molar-refractivity contribution in [1.29, 1.82) is 0 Å². The molecular formula is C15H32N2O. The molecule has 3 heteroatoms. The third kappa shape index (κ3) is 6.72. The van der Waals surface area contributed by atoms with E-state index in [-0.39, 0.29) is 0 Å². The van der Waals surface area contributed by atoms with Gasteiger partial charge in [0.1, 0.15) is 0 Å². The third-order valence-corrected chi connectivity index (χ3v) is 3.98. The van der Waals surface area contributed by atoms with Crippen LogP contribution >= 0.6 is 0 Å². The van der Waals surface area contributed by atoms with Crippen molar-refractivity contribution in [3.8, 4) is 0 Å². The molecule has 1 heterocycles. The van der Waals surface area contributed by atoms with Gasteiger partial charge in [-0.25, -0.2) is 0 Å². The molecule has 0 aromatic heterocycles. The highest BCUT2D eigenvalue weighted by molar-refractivity contribution is 4.74. The van der Waals surface area contributed by atoms with Gasteiger partial charge in [-0.2, -0.15) is 0 Å². The zero-order chi connectivity index (χ0) is 13.2. The fourth-order valence-electron chi connectivity index (χ4n) is 2.75. The summed E-state index contributed by atoms with van der Waals surface area (Å²) in [6, 6.07) is 0.657. The molecule has 0 saturated carbocycles. The van der Waals surface area contributed by atoms with Crippen molar-refractivity contribution >= 4 is 0 Å². The number of piperidine rings is 1. The minimum Gasteiger partial charge on any atom is -0.396 e. The van der Waals surface area contributed by atoms with Crippen molar-refractivity contribution in [2.45, 2.75) is 58.4 Å². The summed E-state index contributed by atoms with van der Waals surface area (Å²) in [4.78, 5) is 2.64. The van der Waals surface area contributed by atoms with Crippen LogP contribution in [0.2, 0.25) is 0 Å². The first-order chi connectivity index (χ1) is 8.74. The fourth-order valence-corrected chi connectivity index (χ4v) is 2.75. The van der Waals surface area contributed by atoms with Gasteiger partial charge in [0.05, 0.1) is 0 Å². The van der Waals surface area contributed by atoms with Gasteiger partial charge in [-0.3, -0.25) is 0 Å². The molecule has 0 aromatic carbocycles. The minimum absolute atomic E-state index is 0.349. The summed E-state index contributed by atoms with van der Waals surface area (Å²) >= 11 is 0. The molecule has 1 saturated heterocycles. The monoisotopic (exact) mass is 256 g/mol. The Kier molecular flexibility index (Phi) is 8.64. The van der Waals surface area contributed by atoms with Crippen LogP contribution < -0.4 is 5.32 Å². The highest BCUT2D eigenvalue weighted by Gasteiger charge is 2.18. The highest BCUT2D eigenvalue weighted by Crippen LogP contribution is 2.14. The van der Waals surface area contributed by atoms with Gasteiger partial charge >= 0.3 is 0 Å². The Morgan fingerprint density at radius 1 is 1.22 bits per heavy atom. The highest BCUT2D eigenvalue weighted by atomic mass is 16.2. The van der Waals surface area contributed by atoms with Crippen LogP contribution in [0.5, 0.6) is 0 Å². The van der Waals surface area contributed by atoms with Gasteiger partial charge in [-0.05, 0) is 65.1 Å². The molecule has 1 aliphatic rings. The van der Waals surface area contributed by atoms with E-state index in [2.05, 4.69) is 24.1 Å². The van der Waals surface area contributed by atoms with Crippen molar-refractivity contribution in [2.75, 3.05) is 32.8 Å². The lowest BCUT2D eigenvalue weighted by Crippen LogP contribution is -2.41. The SMILES string of the molecule is CC(C)N(CCCCCCO)CC1CCCNC1. The Labute approximate surface area is 113 Å². The number of aliphatic hydroxyl groups excluding tert-OH is 1. The van der Waals surface area contributed by atoms with E-state index in [1.807, 2.05) is 0 Å². The molecule has 1 rings (SSSR count). The minimum atomic E-state index is 0.349. The van der Waals surface area contributed by atoms with Gasteiger partial charge < -0.3 is 15.3 Å². The van der Waals surface area contributed by atoms with Crippen LogP contribution in [0, 0.1) is 5.92 Å². The van der Waals surface area contributed by atoms with Gasteiger partial charge in [0, 0.05) is 19.2 Å². The molecule has 0 aromatic rings. The maximum Gasteiger partial charge on any atom is 0.0431 e. The largest absolute Gasteiger partial charge is 0.396 e. The lowest BCUT2D eigenvalue weighted by Gasteiger charge is -2.32. The molecule has 1 atom stereocenters. The molecule has 108 valence electrons. The average molecular weight is 256 g/mol. The molecule has 0 aliphatic carbocycles. The summed E-state index contributed by atoms with van der Waals surface area (Å²) in [7, 11) is 0. The molecule has 2 N–H and O–H groups in total. The molecule has 1 fully saturated rings. The zero-order valence-corrected chi connectivity index (χ0v) is 12.3. The summed E-state index contributed by atoms with van der Waals surface area (Å²) < 4.78 is 0. The van der Waals surface area contributed by atoms with Crippen molar-refractivity contribution in [1.82, 2.24) is 10.2 Å². The normalized spacial score (nSPS) is 20.8. The summed E-state index contributed by atoms with van der Waals surface area (Å²) in [5, 5.41) is 12.3. The molecule has 1 unspecified atom stereocenters. The maximum absolute atomic E-state index is 8.76. The second kappa shape index (κ2) is 9.76. The fraction of sp³-hybridized carbons (Fsp3) is 1.00. The van der Waals surface area contributed by atoms with Crippen molar-refractivity contribution in [3.05, 3.63) is 0 Å². The Balaban J connectivity index is 2.17. The van der Waals surface area contributed by atoms with Gasteiger partial charge in [0.2, 0.25) is 0 Å². The van der Waals surface area contributed by atoms with E-state index in [0.717, 1.165) is 12.3 Å². The summed E-state index contributed by atoms with van der Waals surface area (Å²) in [6.45, 7) is 9.85. The Morgan fingerprint density at radius 2 is 2.00 bits per heavy atom. The lowest BCUT2D eigenvalue weighted by molar-refractivity contribution is 0.168. The number of hydrogen-bond donors (Lipinski definition) is 2. The average Bonchev–Trinajstić information content (AvgIpc) is 2.38. The van der Waals surface area contributed by atoms with Crippen molar-refractivity contribution < 1.29 is 5.11 Å². The predicted molar refractivity (Wildman–Crippen MR) is 77.9 cm³/mol. The number of nitrogens with one attached hydrogen (secondary N) is 1. The first-order valence-corrected chi connectivity index (χ1v) is 7.79. The lowest BCUT2D eigenvalue weighted by atomic mass is 9.98. The Hall–Kier alpha value is -0.120. The van der Waals surface area contributed by atoms with E-state index in [9.17, 15) is 0 Å². The number of rotatable bonds is 9. The zero-order valence-electron chi connectivity index (χ0n) is 12.3. The molecule has 0 amide bonds. The van der Waals surface area contributed by atoms with E-state index in [0.29, 0.717) is 12.6 Å². The molecule has 0 spiro atoms. The summed E-state index contributed by atoms with van der Waals surface area (Å²) in [5.41, 5.74) is 0. The van der Waals surface area contributed by atoms with Crippen LogP contribution in [0.15, 0.2) is 0 Å². The van der Waals surface area contributed by atoms with Gasteiger partial charge in [0.25, 0.3) is 0 Å². The van der Waals surface area contributed by atoms with Crippen LogP contribution in [0.4, 0.5) is 0 Å². The molecule has 0 bridgehead atoms. The van der Waals surface area contributed by atoms with E-state index in [1.54, 1.807) is 0 Å². The summed E-state index contributed by atoms with van der Waals surface area (Å²) in [5.74, 6) is 0.846. The van der Waals surface area contributed by atoms with Crippen molar-refractivity contribution in [3.63, 3.8) is 0 Å². The standard InChI is InChI=1S/C15H32N2O/c1-14(2)17(10-5-3-4-6-11-18)13-15-8-7-9-16-12-15/h14-16,18H,3-13H2,1-2H3. The van der Waals surface area contributed by atoms with E-state index in [1.165, 1.54) is 58.3 Å². The molecular weight excluding hydrogens is 224 g/mol. The van der Waals surface area contributed by atoms with E-state index >= 15 is 0 Å². The Bertz CT molecular complexity index is 191. The molecule has 3 nitrogen and oxygen atoms in total. The third-order valence-electron chi connectivity index (χ3n) is 3.98. The first-order valence-electron chi connectivity index (χ1n) is 7.79. The van der Waals surface area contributed by atoms with Gasteiger partial charge in [0.15, 0.2) is 0 Å².